The van der Waals surface area contributed by atoms with Gasteiger partial charge >= 0.3 is 0 Å². The van der Waals surface area contributed by atoms with E-state index in [4.69, 9.17) is 4.74 Å². The third-order valence-corrected chi connectivity index (χ3v) is 6.71. The smallest absolute Gasteiger partial charge is 0.246 e. The lowest BCUT2D eigenvalue weighted by atomic mass is 10.2. The van der Waals surface area contributed by atoms with E-state index >= 15 is 0 Å². The van der Waals surface area contributed by atoms with E-state index in [1.165, 1.54) is 17.5 Å². The fraction of sp³-hybridized carbons (Fsp3) is 0.588. The molecule has 0 saturated carbocycles. The Kier molecular flexibility index (Phi) is 7.47. The topological polar surface area (TPSA) is 108 Å². The van der Waals surface area contributed by atoms with Gasteiger partial charge < -0.3 is 20.5 Å². The van der Waals surface area contributed by atoms with E-state index in [1.807, 2.05) is 0 Å². The zero-order chi connectivity index (χ0) is 18.7. The molecule has 10 heteroatoms. The highest BCUT2D eigenvalue weighted by Gasteiger charge is 2.31. The summed E-state index contributed by atoms with van der Waals surface area (Å²) in [4.78, 5) is 12.4. The molecule has 8 nitrogen and oxygen atoms in total. The van der Waals surface area contributed by atoms with Crippen LogP contribution in [-0.4, -0.2) is 62.6 Å². The van der Waals surface area contributed by atoms with Crippen molar-refractivity contribution in [1.82, 2.24) is 9.62 Å². The molecule has 2 fully saturated rings. The Morgan fingerprint density at radius 3 is 2.59 bits per heavy atom. The van der Waals surface area contributed by atoms with Crippen molar-refractivity contribution in [2.45, 2.75) is 42.7 Å². The number of sulfonamides is 1. The molecule has 0 bridgehead atoms. The van der Waals surface area contributed by atoms with E-state index in [0.717, 1.165) is 19.3 Å². The number of benzene rings is 1. The second kappa shape index (κ2) is 9.20. The third-order valence-electron chi connectivity index (χ3n) is 4.79. The van der Waals surface area contributed by atoms with Gasteiger partial charge in [0.15, 0.2) is 0 Å². The van der Waals surface area contributed by atoms with Gasteiger partial charge in [0.2, 0.25) is 15.9 Å². The normalized spacial score (nSPS) is 23.5. The Bertz CT molecular complexity index is 768. The van der Waals surface area contributed by atoms with Crippen molar-refractivity contribution < 1.29 is 23.1 Å². The minimum Gasteiger partial charge on any atom is -0.495 e. The number of anilines is 1. The highest BCUT2D eigenvalue weighted by atomic mass is 35.5. The lowest BCUT2D eigenvalue weighted by Gasteiger charge is -2.26. The summed E-state index contributed by atoms with van der Waals surface area (Å²) in [6.45, 7) is 1.35. The Morgan fingerprint density at radius 1 is 1.30 bits per heavy atom. The average molecular weight is 420 g/mol. The number of carbonyl (C=O) groups is 1. The molecule has 1 aromatic rings. The maximum atomic E-state index is 13.0. The number of piperidine rings is 1. The number of halogens is 1. The maximum Gasteiger partial charge on any atom is 0.246 e. The van der Waals surface area contributed by atoms with Crippen LogP contribution in [0.1, 0.15) is 25.7 Å². The van der Waals surface area contributed by atoms with Crippen LogP contribution in [0.15, 0.2) is 23.1 Å². The predicted molar refractivity (Wildman–Crippen MR) is 104 cm³/mol. The molecule has 1 aromatic carbocycles. The number of hydrogen-bond donors (Lipinski definition) is 3. The van der Waals surface area contributed by atoms with Gasteiger partial charge in [-0.05, 0) is 37.5 Å². The van der Waals surface area contributed by atoms with Gasteiger partial charge in [0.05, 0.1) is 19.3 Å². The molecule has 2 aliphatic heterocycles. The quantitative estimate of drug-likeness (QED) is 0.655. The van der Waals surface area contributed by atoms with Gasteiger partial charge in [-0.2, -0.15) is 4.31 Å². The summed E-state index contributed by atoms with van der Waals surface area (Å²) < 4.78 is 32.7. The minimum atomic E-state index is -3.69. The van der Waals surface area contributed by atoms with E-state index < -0.39 is 22.2 Å². The van der Waals surface area contributed by atoms with Crippen molar-refractivity contribution in [3.8, 4) is 5.75 Å². The van der Waals surface area contributed by atoms with E-state index in [-0.39, 0.29) is 29.0 Å². The predicted octanol–water partition coefficient (Wildman–Crippen LogP) is 0.953. The van der Waals surface area contributed by atoms with Crippen LogP contribution in [-0.2, 0) is 14.8 Å². The van der Waals surface area contributed by atoms with Crippen LogP contribution in [0.25, 0.3) is 0 Å². The van der Waals surface area contributed by atoms with Gasteiger partial charge in [-0.15, -0.1) is 12.4 Å². The Hall–Kier alpha value is -1.39. The number of amides is 1. The summed E-state index contributed by atoms with van der Waals surface area (Å²) in [7, 11) is -2.27. The summed E-state index contributed by atoms with van der Waals surface area (Å²) in [6, 6.07) is 4.10. The number of aliphatic hydroxyl groups excluding tert-OH is 1. The number of rotatable bonds is 5. The van der Waals surface area contributed by atoms with Gasteiger partial charge in [-0.25, -0.2) is 8.42 Å². The van der Waals surface area contributed by atoms with Gasteiger partial charge in [0.1, 0.15) is 10.6 Å². The first-order chi connectivity index (χ1) is 12.4. The van der Waals surface area contributed by atoms with Crippen LogP contribution in [0, 0.1) is 0 Å². The summed E-state index contributed by atoms with van der Waals surface area (Å²) >= 11 is 0. The molecule has 2 atom stereocenters. The van der Waals surface area contributed by atoms with E-state index in [0.29, 0.717) is 31.7 Å². The molecular formula is C17H26ClN3O5S. The number of nitrogens with zero attached hydrogens (tertiary/aromatic N) is 1. The third kappa shape index (κ3) is 4.91. The number of β-amino-alcohol motifs (C(OH)–C–C–N with tert-alkyl or cyclic N) is 1. The lowest BCUT2D eigenvalue weighted by molar-refractivity contribution is -0.117. The van der Waals surface area contributed by atoms with Gasteiger partial charge in [0.25, 0.3) is 0 Å². The molecule has 2 aliphatic rings. The fourth-order valence-corrected chi connectivity index (χ4v) is 5.05. The summed E-state index contributed by atoms with van der Waals surface area (Å²) in [5.74, 6) is -0.0453. The Morgan fingerprint density at radius 2 is 2.00 bits per heavy atom. The van der Waals surface area contributed by atoms with Crippen molar-refractivity contribution in [2.24, 2.45) is 0 Å². The van der Waals surface area contributed by atoms with Crippen LogP contribution in [0.4, 0.5) is 5.69 Å². The highest BCUT2D eigenvalue weighted by molar-refractivity contribution is 7.89. The van der Waals surface area contributed by atoms with E-state index in [9.17, 15) is 18.3 Å². The first kappa shape index (κ1) is 21.9. The molecule has 2 saturated heterocycles. The summed E-state index contributed by atoms with van der Waals surface area (Å²) in [6.07, 6.45) is 2.50. The molecule has 2 heterocycles. The lowest BCUT2D eigenvalue weighted by Crippen LogP contribution is -2.36. The fourth-order valence-electron chi connectivity index (χ4n) is 3.35. The van der Waals surface area contributed by atoms with Crippen LogP contribution in [0.5, 0.6) is 5.75 Å². The standard InChI is InChI=1S/C17H25N3O5S.ClH/c1-25-15-6-5-12(19-17(22)14-10-13(21)11-18-14)9-16(15)26(23,24)20-7-3-2-4-8-20;/h5-6,9,13-14,18,21H,2-4,7-8,10-11H2,1H3,(H,19,22);1H. The van der Waals surface area contributed by atoms with Gasteiger partial charge in [0, 0.05) is 25.3 Å². The second-order valence-corrected chi connectivity index (χ2v) is 8.58. The number of methoxy groups -OCH3 is 1. The second-order valence-electron chi connectivity index (χ2n) is 6.67. The first-order valence-corrected chi connectivity index (χ1v) is 10.3. The molecule has 0 spiro atoms. The van der Waals surface area contributed by atoms with Crippen molar-refractivity contribution in [3.05, 3.63) is 18.2 Å². The molecule has 152 valence electrons. The van der Waals surface area contributed by atoms with Crippen LogP contribution in [0.3, 0.4) is 0 Å². The maximum absolute atomic E-state index is 13.0. The molecule has 27 heavy (non-hydrogen) atoms. The van der Waals surface area contributed by atoms with E-state index in [1.54, 1.807) is 12.1 Å². The van der Waals surface area contributed by atoms with Crippen molar-refractivity contribution in [1.29, 1.82) is 0 Å². The van der Waals surface area contributed by atoms with Gasteiger partial charge in [-0.1, -0.05) is 6.42 Å². The molecule has 0 radical (unpaired) electrons. The SMILES string of the molecule is COc1ccc(NC(=O)C2CC(O)CN2)cc1S(=O)(=O)N1CCCCC1.Cl. The van der Waals surface area contributed by atoms with Crippen molar-refractivity contribution in [2.75, 3.05) is 32.1 Å². The highest BCUT2D eigenvalue weighted by Crippen LogP contribution is 2.31. The van der Waals surface area contributed by atoms with Crippen LogP contribution in [0.2, 0.25) is 0 Å². The average Bonchev–Trinajstić information content (AvgIpc) is 3.09. The number of hydrogen-bond acceptors (Lipinski definition) is 6. The molecule has 1 amide bonds. The van der Waals surface area contributed by atoms with Crippen molar-refractivity contribution in [3.63, 3.8) is 0 Å². The molecular weight excluding hydrogens is 394 g/mol. The largest absolute Gasteiger partial charge is 0.495 e. The Balaban J connectivity index is 0.00000261. The molecule has 0 aromatic heterocycles. The molecule has 2 unspecified atom stereocenters. The number of nitrogens with one attached hydrogen (secondary N) is 2. The summed E-state index contributed by atoms with van der Waals surface area (Å²) in [5, 5.41) is 15.2. The Labute approximate surface area is 165 Å². The minimum absolute atomic E-state index is 0. The molecule has 3 rings (SSSR count). The zero-order valence-corrected chi connectivity index (χ0v) is 16.8. The molecule has 0 aliphatic carbocycles. The van der Waals surface area contributed by atoms with Crippen LogP contribution >= 0.6 is 12.4 Å². The van der Waals surface area contributed by atoms with Crippen LogP contribution < -0.4 is 15.4 Å². The first-order valence-electron chi connectivity index (χ1n) is 8.82. The zero-order valence-electron chi connectivity index (χ0n) is 15.2. The number of aliphatic hydroxyl groups is 1. The van der Waals surface area contributed by atoms with Gasteiger partial charge in [-0.3, -0.25) is 4.79 Å². The van der Waals surface area contributed by atoms with Crippen molar-refractivity contribution >= 4 is 34.0 Å². The van der Waals surface area contributed by atoms with E-state index in [2.05, 4.69) is 10.6 Å². The monoisotopic (exact) mass is 419 g/mol. The summed E-state index contributed by atoms with van der Waals surface area (Å²) in [5.41, 5.74) is 0.384. The number of carbonyl (C=O) groups excluding carboxylic acids is 1. The number of ether oxygens (including phenoxy) is 1. The molecule has 3 N–H and O–H groups in total.